The number of aliphatic hydroxyl groups is 1. The van der Waals surface area contributed by atoms with Crippen LogP contribution in [0.2, 0.25) is 0 Å². The van der Waals surface area contributed by atoms with E-state index in [2.05, 4.69) is 50.6 Å². The Labute approximate surface area is 319 Å². The number of unbranched alkanes of at least 4 members (excludes halogenated alkanes) is 5. The Balaban J connectivity index is 0.902. The number of nitrogens with one attached hydrogen (secondary N) is 3. The van der Waals surface area contributed by atoms with Crippen LogP contribution in [0.5, 0.6) is 11.5 Å². The van der Waals surface area contributed by atoms with Crippen molar-refractivity contribution in [3.8, 4) is 11.5 Å². The van der Waals surface area contributed by atoms with Gasteiger partial charge in [0.25, 0.3) is 0 Å². The normalized spacial score (nSPS) is 33.4. The van der Waals surface area contributed by atoms with Gasteiger partial charge in [-0.15, -0.1) is 0 Å². The maximum Gasteiger partial charge on any atom is 0.160 e. The van der Waals surface area contributed by atoms with Crippen molar-refractivity contribution in [1.29, 1.82) is 0 Å². The average molecular weight is 724 g/mol. The van der Waals surface area contributed by atoms with Crippen molar-refractivity contribution in [3.05, 3.63) is 23.8 Å². The maximum atomic E-state index is 11.9. The van der Waals surface area contributed by atoms with Gasteiger partial charge >= 0.3 is 0 Å². The predicted octanol–water partition coefficient (Wildman–Crippen LogP) is 9.86. The molecule has 4 fully saturated rings. The molecule has 4 aliphatic carbocycles. The minimum absolute atomic E-state index is 0.0818. The zero-order chi connectivity index (χ0) is 37.1. The van der Waals surface area contributed by atoms with E-state index in [4.69, 9.17) is 4.74 Å². The van der Waals surface area contributed by atoms with Crippen molar-refractivity contribution in [2.24, 2.45) is 52.3 Å². The van der Waals surface area contributed by atoms with Gasteiger partial charge < -0.3 is 30.9 Å². The summed E-state index contributed by atoms with van der Waals surface area (Å²) in [6.45, 7) is 17.7. The van der Waals surface area contributed by atoms with Crippen molar-refractivity contribution in [1.82, 2.24) is 16.0 Å². The first kappa shape index (κ1) is 41.8. The van der Waals surface area contributed by atoms with Crippen LogP contribution >= 0.6 is 0 Å². The van der Waals surface area contributed by atoms with Gasteiger partial charge in [-0.2, -0.15) is 0 Å². The number of phenolic OH excluding ortho intramolecular Hbond substituents is 1. The Bertz CT molecular complexity index is 1190. The van der Waals surface area contributed by atoms with E-state index in [0.717, 1.165) is 80.7 Å². The molecule has 3 unspecified atom stereocenters. The molecule has 0 spiro atoms. The molecular weight excluding hydrogens is 643 g/mol. The molecule has 0 aromatic heterocycles. The second-order valence-electron chi connectivity index (χ2n) is 19.2. The highest BCUT2D eigenvalue weighted by Gasteiger charge is 2.62. The van der Waals surface area contributed by atoms with E-state index < -0.39 is 0 Å². The lowest BCUT2D eigenvalue weighted by Crippen LogP contribution is -2.59. The highest BCUT2D eigenvalue weighted by molar-refractivity contribution is 5.41. The first-order valence-corrected chi connectivity index (χ1v) is 22.3. The molecule has 6 nitrogen and oxygen atoms in total. The number of phenols is 1. The molecule has 1 aromatic rings. The van der Waals surface area contributed by atoms with Crippen LogP contribution < -0.4 is 20.7 Å². The molecule has 0 saturated heterocycles. The smallest absolute Gasteiger partial charge is 0.160 e. The number of hydrogen-bond donors (Lipinski definition) is 5. The molecule has 5 N–H and O–H groups in total. The van der Waals surface area contributed by atoms with Gasteiger partial charge in [0.05, 0.1) is 13.2 Å². The quantitative estimate of drug-likeness (QED) is 0.0767. The molecular formula is C46H81N3O3. The third-order valence-electron chi connectivity index (χ3n) is 15.4. The first-order chi connectivity index (χ1) is 25.1. The lowest BCUT2D eigenvalue weighted by atomic mass is 9.43. The molecule has 0 radical (unpaired) electrons. The first-order valence-electron chi connectivity index (χ1n) is 22.3. The summed E-state index contributed by atoms with van der Waals surface area (Å²) in [6.07, 6.45) is 23.7. The second-order valence-corrected chi connectivity index (χ2v) is 19.2. The summed E-state index contributed by atoms with van der Waals surface area (Å²) in [5, 5.41) is 32.7. The SMILES string of the molecule is COc1cc(CNCCCNCCCCCCCCN[C@H]2CC[C@]3(C)C4CC[C@@]5(C)C(CC[C@@H]5[C@H](C)CCCC(C)C)C4[C@@H](O)C[C@@H]3C2)ccc1O. The van der Waals surface area contributed by atoms with E-state index >= 15 is 0 Å². The molecule has 0 aliphatic heterocycles. The number of fused-ring (bicyclic) bond motifs is 5. The third-order valence-corrected chi connectivity index (χ3v) is 15.4. The largest absolute Gasteiger partial charge is 0.504 e. The minimum Gasteiger partial charge on any atom is -0.504 e. The van der Waals surface area contributed by atoms with E-state index in [9.17, 15) is 10.2 Å². The molecule has 1 aromatic carbocycles. The van der Waals surface area contributed by atoms with E-state index in [1.165, 1.54) is 103 Å². The van der Waals surface area contributed by atoms with E-state index in [1.54, 1.807) is 13.2 Å². The molecule has 4 saturated carbocycles. The van der Waals surface area contributed by atoms with Crippen molar-refractivity contribution in [2.75, 3.05) is 33.3 Å². The number of hydrogen-bond acceptors (Lipinski definition) is 6. The molecule has 52 heavy (non-hydrogen) atoms. The third kappa shape index (κ3) is 10.5. The van der Waals surface area contributed by atoms with Gasteiger partial charge in [0.2, 0.25) is 0 Å². The van der Waals surface area contributed by atoms with Gasteiger partial charge in [-0.05, 0) is 167 Å². The summed E-state index contributed by atoms with van der Waals surface area (Å²) < 4.78 is 5.19. The zero-order valence-electron chi connectivity index (χ0n) is 34.5. The molecule has 6 heteroatoms. The fourth-order valence-corrected chi connectivity index (χ4v) is 12.3. The Morgan fingerprint density at radius 1 is 0.769 bits per heavy atom. The van der Waals surface area contributed by atoms with Gasteiger partial charge in [-0.25, -0.2) is 0 Å². The van der Waals surface area contributed by atoms with Crippen LogP contribution in [0.15, 0.2) is 18.2 Å². The number of benzene rings is 1. The van der Waals surface area contributed by atoms with Crippen LogP contribution in [0.1, 0.15) is 156 Å². The standard InChI is InChI=1S/C46H81N3O3/c1-33(2)15-13-16-34(3)38-18-19-39-44-40(22-24-46(38,39)5)45(4)23-21-37(30-36(45)31-42(44)51)49-28-12-10-8-7-9-11-25-47-26-14-27-48-32-35-17-20-41(50)43(29-35)52-6/h17,20,29,33-34,36-40,42,44,47-51H,7-16,18-19,21-28,30-32H2,1-6H3/t34-,36+,37+,38-,39?,40?,42+,44?,45+,46-/m1/s1. The molecule has 0 amide bonds. The summed E-state index contributed by atoms with van der Waals surface area (Å²) >= 11 is 0. The Morgan fingerprint density at radius 3 is 2.23 bits per heavy atom. The van der Waals surface area contributed by atoms with E-state index in [0.29, 0.717) is 34.5 Å². The lowest BCUT2D eigenvalue weighted by Gasteiger charge is -2.62. The number of ether oxygens (including phenoxy) is 1. The van der Waals surface area contributed by atoms with Crippen molar-refractivity contribution < 1.29 is 14.9 Å². The molecule has 4 aliphatic rings. The number of aromatic hydroxyl groups is 1. The highest BCUT2D eigenvalue weighted by Crippen LogP contribution is 2.68. The van der Waals surface area contributed by atoms with Gasteiger partial charge in [0.1, 0.15) is 0 Å². The topological polar surface area (TPSA) is 85.8 Å². The van der Waals surface area contributed by atoms with Crippen molar-refractivity contribution in [3.63, 3.8) is 0 Å². The lowest BCUT2D eigenvalue weighted by molar-refractivity contribution is -0.167. The molecule has 298 valence electrons. The van der Waals surface area contributed by atoms with Crippen LogP contribution in [0, 0.1) is 52.3 Å². The van der Waals surface area contributed by atoms with Crippen LogP contribution in [-0.2, 0) is 6.54 Å². The highest BCUT2D eigenvalue weighted by atomic mass is 16.5. The van der Waals surface area contributed by atoms with Crippen LogP contribution in [0.25, 0.3) is 0 Å². The van der Waals surface area contributed by atoms with Gasteiger partial charge in [0.15, 0.2) is 11.5 Å². The number of methoxy groups -OCH3 is 1. The van der Waals surface area contributed by atoms with Crippen LogP contribution in [-0.4, -0.2) is 55.6 Å². The summed E-state index contributed by atoms with van der Waals surface area (Å²) in [5.74, 6) is 5.94. The molecule has 0 heterocycles. The Kier molecular flexibility index (Phi) is 16.1. The molecule has 10 atom stereocenters. The van der Waals surface area contributed by atoms with Gasteiger partial charge in [0, 0.05) is 12.6 Å². The maximum absolute atomic E-state index is 11.9. The molecule has 0 bridgehead atoms. The summed E-state index contributed by atoms with van der Waals surface area (Å²) in [7, 11) is 1.58. The fraction of sp³-hybridized carbons (Fsp3) is 0.870. The van der Waals surface area contributed by atoms with Gasteiger partial charge in [-0.3, -0.25) is 0 Å². The Morgan fingerprint density at radius 2 is 1.46 bits per heavy atom. The monoisotopic (exact) mass is 724 g/mol. The predicted molar refractivity (Wildman–Crippen MR) is 218 cm³/mol. The average Bonchev–Trinajstić information content (AvgIpc) is 3.48. The number of aliphatic hydroxyl groups excluding tert-OH is 1. The van der Waals surface area contributed by atoms with Crippen LogP contribution in [0.4, 0.5) is 0 Å². The van der Waals surface area contributed by atoms with Crippen molar-refractivity contribution in [2.45, 2.75) is 169 Å². The second kappa shape index (κ2) is 20.0. The summed E-state index contributed by atoms with van der Waals surface area (Å²) in [6, 6.07) is 6.17. The summed E-state index contributed by atoms with van der Waals surface area (Å²) in [5.41, 5.74) is 2.00. The molecule has 5 rings (SSSR count). The number of rotatable bonds is 22. The van der Waals surface area contributed by atoms with Crippen molar-refractivity contribution >= 4 is 0 Å². The zero-order valence-corrected chi connectivity index (χ0v) is 34.5. The Hall–Kier alpha value is -1.34. The van der Waals surface area contributed by atoms with Crippen LogP contribution in [0.3, 0.4) is 0 Å². The van der Waals surface area contributed by atoms with E-state index in [-0.39, 0.29) is 11.9 Å². The fourth-order valence-electron chi connectivity index (χ4n) is 12.3. The summed E-state index contributed by atoms with van der Waals surface area (Å²) in [4.78, 5) is 0. The van der Waals surface area contributed by atoms with Gasteiger partial charge in [-0.1, -0.05) is 85.6 Å². The minimum atomic E-state index is -0.0818. The van der Waals surface area contributed by atoms with E-state index in [1.807, 2.05) is 12.1 Å².